The van der Waals surface area contributed by atoms with Gasteiger partial charge in [0.05, 0.1) is 21.9 Å². The summed E-state index contributed by atoms with van der Waals surface area (Å²) in [5.74, 6) is -0.843. The number of nitrogens with zero attached hydrogens (tertiary/aromatic N) is 5. The highest BCUT2D eigenvalue weighted by molar-refractivity contribution is 6.02. The molecule has 12 heteroatoms. The molecule has 1 aliphatic heterocycles. The molecule has 0 aliphatic carbocycles. The summed E-state index contributed by atoms with van der Waals surface area (Å²) in [6, 6.07) is 8.90. The second-order valence-electron chi connectivity index (χ2n) is 7.80. The van der Waals surface area contributed by atoms with Crippen LogP contribution in [0.1, 0.15) is 32.3 Å². The molecule has 1 heterocycles. The minimum absolute atomic E-state index is 0.0122. The molecule has 0 unspecified atom stereocenters. The molecule has 0 bridgehead atoms. The second-order valence-corrected chi connectivity index (χ2v) is 7.80. The maximum atomic E-state index is 12.0. The Morgan fingerprint density at radius 2 is 1.97 bits per heavy atom. The van der Waals surface area contributed by atoms with Crippen molar-refractivity contribution in [3.05, 3.63) is 46.0 Å². The number of imide groups is 1. The summed E-state index contributed by atoms with van der Waals surface area (Å²) in [6.45, 7) is 4.19. The molecule has 35 heavy (non-hydrogen) atoms. The van der Waals surface area contributed by atoms with E-state index in [0.29, 0.717) is 18.8 Å². The fourth-order valence-electron chi connectivity index (χ4n) is 3.97. The molecule has 12 nitrogen and oxygen atoms in total. The van der Waals surface area contributed by atoms with Gasteiger partial charge in [0, 0.05) is 68.3 Å². The lowest BCUT2D eigenvalue weighted by molar-refractivity contribution is -0.384. The van der Waals surface area contributed by atoms with Crippen molar-refractivity contribution in [3.63, 3.8) is 0 Å². The monoisotopic (exact) mass is 477 g/mol. The number of non-ortho nitro benzene ring substituents is 1. The number of carbonyl (C=O) groups excluding carboxylic acids is 3. The zero-order chi connectivity index (χ0) is 25.7. The van der Waals surface area contributed by atoms with Crippen molar-refractivity contribution in [1.82, 2.24) is 4.90 Å². The fraction of sp³-hybridized carbons (Fsp3) is 0.304. The van der Waals surface area contributed by atoms with Crippen molar-refractivity contribution in [1.29, 1.82) is 10.8 Å². The average Bonchev–Trinajstić information content (AvgIpc) is 3.15. The van der Waals surface area contributed by atoms with Crippen molar-refractivity contribution in [2.75, 3.05) is 29.9 Å². The average molecular weight is 477 g/mol. The van der Waals surface area contributed by atoms with Crippen LogP contribution >= 0.6 is 0 Å². The Morgan fingerprint density at radius 1 is 1.29 bits per heavy atom. The van der Waals surface area contributed by atoms with Crippen molar-refractivity contribution >= 4 is 40.5 Å². The molecule has 0 saturated carbocycles. The number of benzene rings is 2. The first kappa shape index (κ1) is 25.0. The Kier molecular flexibility index (Phi) is 7.50. The molecule has 0 spiro atoms. The van der Waals surface area contributed by atoms with E-state index in [2.05, 4.69) is 10.4 Å². The van der Waals surface area contributed by atoms with E-state index in [1.165, 1.54) is 24.0 Å². The Bertz CT molecular complexity index is 1250. The normalized spacial score (nSPS) is 12.9. The highest BCUT2D eigenvalue weighted by atomic mass is 16.6. The van der Waals surface area contributed by atoms with Crippen LogP contribution in [-0.2, 0) is 14.4 Å². The van der Waals surface area contributed by atoms with Gasteiger partial charge in [0.2, 0.25) is 17.7 Å². The number of hydrogen-bond acceptors (Lipinski definition) is 9. The molecule has 1 fully saturated rings. The van der Waals surface area contributed by atoms with E-state index < -0.39 is 10.8 Å². The maximum absolute atomic E-state index is 12.0. The van der Waals surface area contributed by atoms with Gasteiger partial charge in [0.25, 0.3) is 5.69 Å². The van der Waals surface area contributed by atoms with Gasteiger partial charge in [-0.15, -0.1) is 0 Å². The fourth-order valence-corrected chi connectivity index (χ4v) is 3.97. The predicted octanol–water partition coefficient (Wildman–Crippen LogP) is 3.73. The molecule has 1 saturated heterocycles. The quantitative estimate of drug-likeness (QED) is 0.239. The smallest absolute Gasteiger partial charge is 0.270 e. The van der Waals surface area contributed by atoms with Gasteiger partial charge in [-0.3, -0.25) is 29.4 Å². The number of likely N-dealkylation sites (tertiary alicyclic amines) is 1. The second kappa shape index (κ2) is 10.5. The van der Waals surface area contributed by atoms with Gasteiger partial charge < -0.3 is 10.2 Å². The summed E-state index contributed by atoms with van der Waals surface area (Å²) in [5.41, 5.74) is 8.97. The van der Waals surface area contributed by atoms with Gasteiger partial charge in [-0.25, -0.2) is 5.53 Å². The third-order valence-electron chi connectivity index (χ3n) is 5.63. The predicted molar refractivity (Wildman–Crippen MR) is 126 cm³/mol. The van der Waals surface area contributed by atoms with Crippen LogP contribution < -0.4 is 10.2 Å². The Labute approximate surface area is 200 Å². The molecule has 1 aliphatic rings. The molecular weight excluding hydrogens is 454 g/mol. The number of carbonyl (C=O) groups is 3. The van der Waals surface area contributed by atoms with Gasteiger partial charge in [-0.1, -0.05) is 0 Å². The third-order valence-corrected chi connectivity index (χ3v) is 5.63. The molecule has 3 amide bonds. The number of nitro groups is 1. The summed E-state index contributed by atoms with van der Waals surface area (Å²) in [6.07, 6.45) is 0.398. The Hall–Kier alpha value is -4.66. The van der Waals surface area contributed by atoms with Crippen LogP contribution in [-0.4, -0.2) is 47.2 Å². The summed E-state index contributed by atoms with van der Waals surface area (Å²) >= 11 is 0. The Balaban J connectivity index is 2.09. The molecule has 0 atom stereocenters. The minimum atomic E-state index is -0.618. The number of amides is 3. The van der Waals surface area contributed by atoms with E-state index in [4.69, 9.17) is 5.53 Å². The van der Waals surface area contributed by atoms with Crippen LogP contribution in [0.25, 0.3) is 11.1 Å². The lowest BCUT2D eigenvalue weighted by atomic mass is 9.95. The van der Waals surface area contributed by atoms with Crippen LogP contribution in [0.2, 0.25) is 0 Å². The van der Waals surface area contributed by atoms with E-state index in [-0.39, 0.29) is 65.0 Å². The third kappa shape index (κ3) is 5.30. The lowest BCUT2D eigenvalue weighted by Gasteiger charge is -2.27. The standard InChI is InChI=1S/C23H23N7O5/c1-3-28(8-9-29-21(32)6-7-22(29)33)17-11-19(26-14(2)31)23(20(12-17)27-25)18-5-4-16(30(34)35)10-15(18)13-24/h4-5,10-12,25H,3,6-9H2,1-2H3,(H,26,31). The van der Waals surface area contributed by atoms with E-state index in [1.807, 2.05) is 17.9 Å². The van der Waals surface area contributed by atoms with Crippen molar-refractivity contribution in [2.24, 2.45) is 5.11 Å². The number of anilines is 2. The van der Waals surface area contributed by atoms with Crippen LogP contribution in [0.15, 0.2) is 35.4 Å². The molecule has 0 radical (unpaired) electrons. The van der Waals surface area contributed by atoms with Gasteiger partial charge >= 0.3 is 0 Å². The SMILES string of the molecule is CCN(CCN1C(=O)CCC1=O)c1cc(N=N)c(-c2ccc([N+](=O)[O-])cc2C#N)c(NC(C)=O)c1. The first-order chi connectivity index (χ1) is 16.7. The Morgan fingerprint density at radius 3 is 2.51 bits per heavy atom. The van der Waals surface area contributed by atoms with Crippen LogP contribution in [0.3, 0.4) is 0 Å². The summed E-state index contributed by atoms with van der Waals surface area (Å²) in [4.78, 5) is 49.5. The summed E-state index contributed by atoms with van der Waals surface area (Å²) in [7, 11) is 0. The number of hydrogen-bond donors (Lipinski definition) is 2. The molecule has 2 N–H and O–H groups in total. The summed E-state index contributed by atoms with van der Waals surface area (Å²) < 4.78 is 0. The number of nitriles is 1. The van der Waals surface area contributed by atoms with Crippen molar-refractivity contribution in [2.45, 2.75) is 26.7 Å². The highest BCUT2D eigenvalue weighted by Gasteiger charge is 2.29. The zero-order valence-electron chi connectivity index (χ0n) is 19.2. The first-order valence-electron chi connectivity index (χ1n) is 10.8. The van der Waals surface area contributed by atoms with E-state index in [1.54, 1.807) is 12.1 Å². The molecule has 0 aromatic heterocycles. The lowest BCUT2D eigenvalue weighted by Crippen LogP contribution is -2.38. The maximum Gasteiger partial charge on any atom is 0.270 e. The molecule has 3 rings (SSSR count). The van der Waals surface area contributed by atoms with Crippen LogP contribution in [0.4, 0.5) is 22.7 Å². The number of likely N-dealkylation sites (N-methyl/N-ethyl adjacent to an activating group) is 1. The molecular formula is C23H23N7O5. The topological polar surface area (TPSA) is 173 Å². The first-order valence-corrected chi connectivity index (χ1v) is 10.8. The van der Waals surface area contributed by atoms with Gasteiger partial charge in [0.1, 0.15) is 6.07 Å². The summed E-state index contributed by atoms with van der Waals surface area (Å²) in [5, 5.41) is 27.0. The van der Waals surface area contributed by atoms with E-state index in [9.17, 15) is 29.8 Å². The van der Waals surface area contributed by atoms with Crippen molar-refractivity contribution < 1.29 is 19.3 Å². The zero-order valence-corrected chi connectivity index (χ0v) is 19.2. The molecule has 2 aromatic carbocycles. The van der Waals surface area contributed by atoms with Crippen molar-refractivity contribution in [3.8, 4) is 17.2 Å². The molecule has 2 aromatic rings. The largest absolute Gasteiger partial charge is 0.370 e. The van der Waals surface area contributed by atoms with E-state index in [0.717, 1.165) is 6.07 Å². The van der Waals surface area contributed by atoms with Gasteiger partial charge in [0.15, 0.2) is 0 Å². The van der Waals surface area contributed by atoms with Gasteiger partial charge in [-0.05, 0) is 25.1 Å². The highest BCUT2D eigenvalue weighted by Crippen LogP contribution is 2.42. The number of nitrogens with one attached hydrogen (secondary N) is 2. The van der Waals surface area contributed by atoms with E-state index >= 15 is 0 Å². The molecule has 180 valence electrons. The number of nitro benzene ring substituents is 1. The minimum Gasteiger partial charge on any atom is -0.370 e. The number of rotatable bonds is 9. The van der Waals surface area contributed by atoms with Gasteiger partial charge in [-0.2, -0.15) is 10.4 Å². The van der Waals surface area contributed by atoms with Crippen LogP contribution in [0, 0.1) is 27.0 Å². The van der Waals surface area contributed by atoms with Crippen LogP contribution in [0.5, 0.6) is 0 Å².